The van der Waals surface area contributed by atoms with Crippen LogP contribution in [-0.4, -0.2) is 43.4 Å². The zero-order valence-corrected chi connectivity index (χ0v) is 13.0. The molecule has 1 aromatic heterocycles. The molecule has 0 fully saturated rings. The van der Waals surface area contributed by atoms with Crippen LogP contribution in [0.25, 0.3) is 10.9 Å². The molecule has 2 radical (unpaired) electrons. The summed E-state index contributed by atoms with van der Waals surface area (Å²) in [6.45, 7) is 0. The summed E-state index contributed by atoms with van der Waals surface area (Å²) in [7, 11) is 0. The van der Waals surface area contributed by atoms with Crippen LogP contribution in [0.3, 0.4) is 0 Å². The molecule has 70 valence electrons. The molecule has 0 bridgehead atoms. The fourth-order valence-electron chi connectivity index (χ4n) is 1.19. The van der Waals surface area contributed by atoms with Gasteiger partial charge in [0.25, 0.3) is 0 Å². The van der Waals surface area contributed by atoms with E-state index in [1.54, 1.807) is 12.1 Å². The second-order valence-corrected chi connectivity index (χ2v) is 2.69. The van der Waals surface area contributed by atoms with Gasteiger partial charge in [-0.15, -0.1) is 0 Å². The molecule has 0 saturated carbocycles. The van der Waals surface area contributed by atoms with Gasteiger partial charge in [-0.2, -0.15) is 0 Å². The number of carboxylic acids is 1. The van der Waals surface area contributed by atoms with Crippen molar-refractivity contribution in [2.45, 2.75) is 0 Å². The SMILES string of the molecule is O=C(O)c1ccc2ccccc2n1.[PbH2]. The number of hydrogen-bond donors (Lipinski definition) is 1. The number of rotatable bonds is 1. The number of benzene rings is 1. The van der Waals surface area contributed by atoms with Gasteiger partial charge < -0.3 is 5.11 Å². The number of carbonyl (C=O) groups is 1. The van der Waals surface area contributed by atoms with Crippen molar-refractivity contribution in [3.8, 4) is 0 Å². The number of pyridine rings is 1. The van der Waals surface area contributed by atoms with Crippen molar-refractivity contribution in [3.05, 3.63) is 42.1 Å². The molecule has 1 N–H and O–H groups in total. The third-order valence-corrected chi connectivity index (χ3v) is 1.82. The van der Waals surface area contributed by atoms with E-state index in [2.05, 4.69) is 4.98 Å². The Bertz CT molecular complexity index is 470. The average Bonchev–Trinajstić information content (AvgIpc) is 2.17. The van der Waals surface area contributed by atoms with Gasteiger partial charge in [0.15, 0.2) is 0 Å². The minimum atomic E-state index is -0.995. The summed E-state index contributed by atoms with van der Waals surface area (Å²) >= 11 is 0. The summed E-state index contributed by atoms with van der Waals surface area (Å²) in [5, 5.41) is 9.63. The van der Waals surface area contributed by atoms with Crippen LogP contribution in [0.4, 0.5) is 0 Å². The van der Waals surface area contributed by atoms with Crippen LogP contribution >= 0.6 is 0 Å². The van der Waals surface area contributed by atoms with Crippen LogP contribution in [0, 0.1) is 0 Å². The fourth-order valence-corrected chi connectivity index (χ4v) is 1.19. The Morgan fingerprint density at radius 1 is 1.14 bits per heavy atom. The van der Waals surface area contributed by atoms with E-state index in [9.17, 15) is 4.79 Å². The summed E-state index contributed by atoms with van der Waals surface area (Å²) in [6, 6.07) is 10.7. The molecule has 0 unspecified atom stereocenters. The van der Waals surface area contributed by atoms with Crippen LogP contribution < -0.4 is 0 Å². The number of aromatic nitrogens is 1. The van der Waals surface area contributed by atoms with E-state index in [4.69, 9.17) is 5.11 Å². The van der Waals surface area contributed by atoms with Crippen molar-refractivity contribution in [2.75, 3.05) is 0 Å². The normalized spacial score (nSPS) is 9.43. The molecule has 1 heterocycles. The van der Waals surface area contributed by atoms with Crippen molar-refractivity contribution in [1.82, 2.24) is 4.98 Å². The second kappa shape index (κ2) is 4.50. The summed E-state index contributed by atoms with van der Waals surface area (Å²) in [4.78, 5) is 14.6. The van der Waals surface area contributed by atoms with Crippen molar-refractivity contribution in [3.63, 3.8) is 0 Å². The van der Waals surface area contributed by atoms with Crippen LogP contribution in [0.1, 0.15) is 10.5 Å². The van der Waals surface area contributed by atoms with E-state index in [1.807, 2.05) is 18.2 Å². The van der Waals surface area contributed by atoms with E-state index in [1.165, 1.54) is 6.07 Å². The maximum atomic E-state index is 10.6. The van der Waals surface area contributed by atoms with Gasteiger partial charge in [-0.05, 0) is 12.1 Å². The van der Waals surface area contributed by atoms with Gasteiger partial charge in [0.1, 0.15) is 5.69 Å². The quantitative estimate of drug-likeness (QED) is 0.750. The van der Waals surface area contributed by atoms with Gasteiger partial charge in [-0.3, -0.25) is 0 Å². The maximum absolute atomic E-state index is 10.6. The van der Waals surface area contributed by atoms with Crippen molar-refractivity contribution in [2.24, 2.45) is 0 Å². The average molecular weight is 382 g/mol. The van der Waals surface area contributed by atoms with Gasteiger partial charge in [-0.1, -0.05) is 24.3 Å². The zero-order valence-electron chi connectivity index (χ0n) is 7.47. The fraction of sp³-hybridized carbons (Fsp3) is 0. The van der Waals surface area contributed by atoms with Gasteiger partial charge in [-0.25, -0.2) is 9.78 Å². The number of para-hydroxylation sites is 1. The molecule has 2 aromatic rings. The Hall–Kier alpha value is -0.978. The van der Waals surface area contributed by atoms with E-state index >= 15 is 0 Å². The predicted molar refractivity (Wildman–Crippen MR) is 57.2 cm³/mol. The number of fused-ring (bicyclic) bond motifs is 1. The Kier molecular flexibility index (Phi) is 3.56. The zero-order chi connectivity index (χ0) is 9.26. The molecule has 4 heteroatoms. The Morgan fingerprint density at radius 3 is 2.57 bits per heavy atom. The van der Waals surface area contributed by atoms with Gasteiger partial charge in [0.05, 0.1) is 5.52 Å². The van der Waals surface area contributed by atoms with Gasteiger partial charge in [0.2, 0.25) is 0 Å². The van der Waals surface area contributed by atoms with E-state index in [0.29, 0.717) is 5.52 Å². The van der Waals surface area contributed by atoms with Gasteiger partial charge in [0, 0.05) is 5.39 Å². The third-order valence-electron chi connectivity index (χ3n) is 1.82. The molecule has 0 saturated heterocycles. The molecule has 0 aliphatic heterocycles. The second-order valence-electron chi connectivity index (χ2n) is 2.69. The molecule has 0 aliphatic rings. The molecular weight excluding hydrogens is 373 g/mol. The molecule has 14 heavy (non-hydrogen) atoms. The summed E-state index contributed by atoms with van der Waals surface area (Å²) in [5.41, 5.74) is 0.793. The molecule has 0 aliphatic carbocycles. The molecule has 0 atom stereocenters. The summed E-state index contributed by atoms with van der Waals surface area (Å²) < 4.78 is 0. The monoisotopic (exact) mass is 383 g/mol. The Morgan fingerprint density at radius 2 is 1.86 bits per heavy atom. The number of aromatic carboxylic acids is 1. The first-order valence-electron chi connectivity index (χ1n) is 3.86. The van der Waals surface area contributed by atoms with Crippen molar-refractivity contribution >= 4 is 44.2 Å². The summed E-state index contributed by atoms with van der Waals surface area (Å²) in [6.07, 6.45) is 0. The van der Waals surface area contributed by atoms with Crippen LogP contribution in [0.15, 0.2) is 36.4 Å². The number of nitrogens with zero attached hydrogens (tertiary/aromatic N) is 1. The molecular formula is C10H9NO2Pb. The Labute approximate surface area is 101 Å². The molecule has 1 aromatic carbocycles. The first-order chi connectivity index (χ1) is 6.27. The number of carboxylic acid groups (broad SMARTS) is 1. The first kappa shape index (κ1) is 11.1. The third kappa shape index (κ3) is 2.09. The number of hydrogen-bond acceptors (Lipinski definition) is 2. The standard InChI is InChI=1S/C10H7NO2.Pb.2H/c12-10(13)9-6-5-7-3-1-2-4-8(7)11-9;;;/h1-6H,(H,12,13);;;. The van der Waals surface area contributed by atoms with Crippen molar-refractivity contribution in [1.29, 1.82) is 0 Å². The van der Waals surface area contributed by atoms with E-state index in [-0.39, 0.29) is 33.0 Å². The molecule has 2 rings (SSSR count). The van der Waals surface area contributed by atoms with Crippen molar-refractivity contribution < 1.29 is 9.90 Å². The molecule has 0 amide bonds. The van der Waals surface area contributed by atoms with Gasteiger partial charge >= 0.3 is 33.3 Å². The first-order valence-corrected chi connectivity index (χ1v) is 3.86. The molecule has 0 spiro atoms. The van der Waals surface area contributed by atoms with E-state index in [0.717, 1.165) is 5.39 Å². The summed E-state index contributed by atoms with van der Waals surface area (Å²) in [5.74, 6) is -0.995. The predicted octanol–water partition coefficient (Wildman–Crippen LogP) is 1.02. The van der Waals surface area contributed by atoms with Crippen LogP contribution in [-0.2, 0) is 0 Å². The van der Waals surface area contributed by atoms with Crippen LogP contribution in [0.5, 0.6) is 0 Å². The minimum absolute atomic E-state index is 0. The van der Waals surface area contributed by atoms with E-state index < -0.39 is 5.97 Å². The topological polar surface area (TPSA) is 50.2 Å². The molecule has 3 nitrogen and oxygen atoms in total. The van der Waals surface area contributed by atoms with Crippen LogP contribution in [0.2, 0.25) is 0 Å². The Balaban J connectivity index is 0.000000980.